The Bertz CT molecular complexity index is 2790. The molecule has 0 unspecified atom stereocenters. The SMILES string of the molecule is c1ccc2c(c1)-c1cccc3c(-n4c5ccccc5c5c4c4c6ccccc6sc4n4c6ccccc6nc54)ccc-2c13. The van der Waals surface area contributed by atoms with E-state index in [9.17, 15) is 0 Å². The number of hydrogen-bond acceptors (Lipinski definition) is 2. The number of fused-ring (bicyclic) bond motifs is 15. The highest BCUT2D eigenvalue weighted by atomic mass is 32.1. The van der Waals surface area contributed by atoms with Crippen LogP contribution in [-0.4, -0.2) is 14.0 Å². The van der Waals surface area contributed by atoms with Crippen LogP contribution in [0.5, 0.6) is 0 Å². The third-order valence-electron chi connectivity index (χ3n) is 9.44. The van der Waals surface area contributed by atoms with Crippen LogP contribution >= 0.6 is 11.3 Å². The van der Waals surface area contributed by atoms with Gasteiger partial charge in [0.1, 0.15) is 10.5 Å². The van der Waals surface area contributed by atoms with E-state index in [-0.39, 0.29) is 0 Å². The van der Waals surface area contributed by atoms with E-state index in [0.717, 1.165) is 16.7 Å². The van der Waals surface area contributed by atoms with E-state index >= 15 is 0 Å². The largest absolute Gasteiger partial charge is 0.308 e. The van der Waals surface area contributed by atoms with Crippen LogP contribution in [0.4, 0.5) is 0 Å². The summed E-state index contributed by atoms with van der Waals surface area (Å²) in [7, 11) is 0. The fourth-order valence-corrected chi connectivity index (χ4v) is 8.98. The summed E-state index contributed by atoms with van der Waals surface area (Å²) in [6.07, 6.45) is 0. The molecule has 0 fully saturated rings. The van der Waals surface area contributed by atoms with Crippen molar-refractivity contribution in [3.05, 3.63) is 127 Å². The van der Waals surface area contributed by atoms with E-state index in [4.69, 9.17) is 4.98 Å². The van der Waals surface area contributed by atoms with Gasteiger partial charge in [0, 0.05) is 26.2 Å². The van der Waals surface area contributed by atoms with Crippen LogP contribution in [0.25, 0.3) is 97.5 Å². The lowest BCUT2D eigenvalue weighted by molar-refractivity contribution is 1.20. The number of thiophene rings is 1. The fraction of sp³-hybridized carbons (Fsp3) is 0. The highest BCUT2D eigenvalue weighted by molar-refractivity contribution is 7.25. The van der Waals surface area contributed by atoms with Crippen LogP contribution in [-0.2, 0) is 0 Å². The van der Waals surface area contributed by atoms with Crippen molar-refractivity contribution in [1.82, 2.24) is 14.0 Å². The molecule has 11 rings (SSSR count). The maximum atomic E-state index is 5.30. The first kappa shape index (κ1) is 22.2. The predicted octanol–water partition coefficient (Wildman–Crippen LogP) is 10.8. The highest BCUT2D eigenvalue weighted by Crippen LogP contribution is 2.50. The van der Waals surface area contributed by atoms with Crippen LogP contribution in [0.3, 0.4) is 0 Å². The zero-order valence-corrected chi connectivity index (χ0v) is 23.7. The molecule has 198 valence electrons. The molecule has 1 aliphatic carbocycles. The van der Waals surface area contributed by atoms with Crippen LogP contribution in [0.2, 0.25) is 0 Å². The minimum Gasteiger partial charge on any atom is -0.308 e. The molecular weight excluding hydrogens is 543 g/mol. The number of pyridine rings is 1. The van der Waals surface area contributed by atoms with Gasteiger partial charge in [-0.25, -0.2) is 4.98 Å². The Balaban J connectivity index is 1.43. The molecule has 0 N–H and O–H groups in total. The average molecular weight is 564 g/mol. The zero-order chi connectivity index (χ0) is 27.8. The standard InChI is InChI=1S/C39H21N3S/c1-2-11-23-22(10-1)24-14-9-15-26-31(21-20-25(23)34(24)26)41-30-17-6-3-12-27(30)35-37(41)36-28-13-4-8-19-33(28)43-39(36)42-32-18-7-5-16-29(32)40-38(35)42/h1-21H. The number of benzene rings is 6. The van der Waals surface area contributed by atoms with E-state index in [0.29, 0.717) is 0 Å². The fourth-order valence-electron chi connectivity index (χ4n) is 7.76. The van der Waals surface area contributed by atoms with E-state index in [1.54, 1.807) is 0 Å². The quantitative estimate of drug-likeness (QED) is 0.195. The minimum absolute atomic E-state index is 1.02. The second kappa shape index (κ2) is 7.68. The summed E-state index contributed by atoms with van der Waals surface area (Å²) in [4.78, 5) is 6.54. The van der Waals surface area contributed by atoms with Gasteiger partial charge in [-0.2, -0.15) is 0 Å². The molecule has 4 heteroatoms. The molecule has 10 aromatic rings. The molecule has 0 amide bonds. The number of hydrogen-bond donors (Lipinski definition) is 0. The van der Waals surface area contributed by atoms with Gasteiger partial charge in [0.05, 0.1) is 33.1 Å². The monoisotopic (exact) mass is 563 g/mol. The summed E-state index contributed by atoms with van der Waals surface area (Å²) in [5.74, 6) is 0. The molecule has 4 heterocycles. The molecule has 0 saturated carbocycles. The summed E-state index contributed by atoms with van der Waals surface area (Å²) in [6.45, 7) is 0. The molecule has 0 radical (unpaired) electrons. The molecule has 0 saturated heterocycles. The van der Waals surface area contributed by atoms with Crippen molar-refractivity contribution in [2.45, 2.75) is 0 Å². The highest BCUT2D eigenvalue weighted by Gasteiger charge is 2.27. The maximum absolute atomic E-state index is 5.30. The molecule has 43 heavy (non-hydrogen) atoms. The van der Waals surface area contributed by atoms with Crippen molar-refractivity contribution in [2.75, 3.05) is 0 Å². The van der Waals surface area contributed by atoms with Crippen LogP contribution in [0.1, 0.15) is 0 Å². The Morgan fingerprint density at radius 1 is 0.488 bits per heavy atom. The van der Waals surface area contributed by atoms with Crippen molar-refractivity contribution in [2.24, 2.45) is 0 Å². The third kappa shape index (κ3) is 2.60. The number of nitrogens with zero attached hydrogens (tertiary/aromatic N) is 3. The maximum Gasteiger partial charge on any atom is 0.149 e. The van der Waals surface area contributed by atoms with Crippen LogP contribution in [0.15, 0.2) is 127 Å². The number of aromatic nitrogens is 3. The van der Waals surface area contributed by atoms with Gasteiger partial charge in [-0.1, -0.05) is 97.1 Å². The molecule has 6 aromatic carbocycles. The third-order valence-corrected chi connectivity index (χ3v) is 10.6. The van der Waals surface area contributed by atoms with E-state index < -0.39 is 0 Å². The van der Waals surface area contributed by atoms with Crippen LogP contribution < -0.4 is 0 Å². The first-order valence-corrected chi connectivity index (χ1v) is 15.5. The topological polar surface area (TPSA) is 22.2 Å². The Morgan fingerprint density at radius 2 is 1.16 bits per heavy atom. The Kier molecular flexibility index (Phi) is 3.96. The molecule has 0 aliphatic heterocycles. The van der Waals surface area contributed by atoms with Gasteiger partial charge in [0.15, 0.2) is 0 Å². The van der Waals surface area contributed by atoms with Gasteiger partial charge < -0.3 is 4.57 Å². The Labute approximate surface area is 249 Å². The summed E-state index contributed by atoms with van der Waals surface area (Å²) in [6, 6.07) is 46.5. The van der Waals surface area contributed by atoms with Crippen molar-refractivity contribution in [3.8, 4) is 27.9 Å². The second-order valence-electron chi connectivity index (χ2n) is 11.5. The first-order chi connectivity index (χ1) is 21.4. The van der Waals surface area contributed by atoms with Crippen molar-refractivity contribution >= 4 is 80.9 Å². The molecule has 0 bridgehead atoms. The van der Waals surface area contributed by atoms with E-state index in [1.807, 2.05) is 11.3 Å². The molecule has 1 aliphatic rings. The van der Waals surface area contributed by atoms with Crippen LogP contribution in [0, 0.1) is 0 Å². The van der Waals surface area contributed by atoms with Gasteiger partial charge in [-0.3, -0.25) is 4.40 Å². The lowest BCUT2D eigenvalue weighted by Gasteiger charge is -2.14. The second-order valence-corrected chi connectivity index (χ2v) is 12.6. The van der Waals surface area contributed by atoms with Gasteiger partial charge in [0.25, 0.3) is 0 Å². The molecule has 0 spiro atoms. The first-order valence-electron chi connectivity index (χ1n) is 14.7. The summed E-state index contributed by atoms with van der Waals surface area (Å²) < 4.78 is 6.22. The summed E-state index contributed by atoms with van der Waals surface area (Å²) in [5.41, 5.74) is 12.1. The average Bonchev–Trinajstić information content (AvgIpc) is 3.80. The lowest BCUT2D eigenvalue weighted by atomic mass is 10.0. The molecule has 0 atom stereocenters. The van der Waals surface area contributed by atoms with E-state index in [1.165, 1.54) is 80.8 Å². The summed E-state index contributed by atoms with van der Waals surface area (Å²) >= 11 is 1.86. The van der Waals surface area contributed by atoms with Crippen molar-refractivity contribution in [1.29, 1.82) is 0 Å². The Morgan fingerprint density at radius 3 is 2.05 bits per heavy atom. The van der Waals surface area contributed by atoms with E-state index in [2.05, 4.69) is 136 Å². The number of imidazole rings is 1. The Hall–Kier alpha value is -5.45. The molecule has 3 nitrogen and oxygen atoms in total. The minimum atomic E-state index is 1.02. The number of para-hydroxylation sites is 3. The van der Waals surface area contributed by atoms with Gasteiger partial charge in [-0.15, -0.1) is 11.3 Å². The zero-order valence-electron chi connectivity index (χ0n) is 22.9. The smallest absolute Gasteiger partial charge is 0.149 e. The van der Waals surface area contributed by atoms with Crippen molar-refractivity contribution in [3.63, 3.8) is 0 Å². The molecular formula is C39H21N3S. The predicted molar refractivity (Wildman–Crippen MR) is 182 cm³/mol. The number of rotatable bonds is 1. The molecule has 4 aromatic heterocycles. The normalized spacial score (nSPS) is 12.7. The van der Waals surface area contributed by atoms with Gasteiger partial charge >= 0.3 is 0 Å². The van der Waals surface area contributed by atoms with Gasteiger partial charge in [0.2, 0.25) is 0 Å². The van der Waals surface area contributed by atoms with Gasteiger partial charge in [-0.05, 0) is 58.0 Å². The summed E-state index contributed by atoms with van der Waals surface area (Å²) in [5, 5.41) is 7.61. The van der Waals surface area contributed by atoms with Crippen molar-refractivity contribution < 1.29 is 0 Å². The lowest BCUT2D eigenvalue weighted by Crippen LogP contribution is -1.97.